The molecule has 0 aliphatic heterocycles. The quantitative estimate of drug-likeness (QED) is 0.520. The van der Waals surface area contributed by atoms with E-state index in [1.54, 1.807) is 7.11 Å². The molecule has 0 saturated heterocycles. The Kier molecular flexibility index (Phi) is 6.92. The molecule has 1 aromatic heterocycles. The van der Waals surface area contributed by atoms with E-state index in [1.807, 2.05) is 55.5 Å². The minimum atomic E-state index is -0.587. The Balaban J connectivity index is 1.45. The number of thioether (sulfide) groups is 1. The van der Waals surface area contributed by atoms with Crippen molar-refractivity contribution >= 4 is 33.9 Å². The maximum atomic E-state index is 10.1. The Morgan fingerprint density at radius 1 is 1.15 bits per heavy atom. The number of ether oxygens (including phenoxy) is 2. The highest BCUT2D eigenvalue weighted by Gasteiger charge is 2.11. The number of aryl methyl sites for hydroxylation is 1. The van der Waals surface area contributed by atoms with E-state index in [-0.39, 0.29) is 6.61 Å². The first-order valence-electron chi connectivity index (χ1n) is 8.38. The number of nitrogens with zero attached hydrogens (tertiary/aromatic N) is 2. The summed E-state index contributed by atoms with van der Waals surface area (Å²) in [6.07, 6.45) is -0.587. The number of anilines is 2. The molecular weight excluding hydrogens is 382 g/mol. The normalized spacial score (nSPS) is 11.8. The SMILES string of the molecule is COc1ccc(Nc2nnc(SC[C@H](O)COc3ccccc3C)s2)cc1. The lowest BCUT2D eigenvalue weighted by Crippen LogP contribution is -2.20. The summed E-state index contributed by atoms with van der Waals surface area (Å²) in [5.41, 5.74) is 1.96. The lowest BCUT2D eigenvalue weighted by atomic mass is 10.2. The second-order valence-corrected chi connectivity index (χ2v) is 8.01. The highest BCUT2D eigenvalue weighted by atomic mass is 32.2. The smallest absolute Gasteiger partial charge is 0.210 e. The van der Waals surface area contributed by atoms with Gasteiger partial charge in [0.05, 0.1) is 13.2 Å². The molecule has 27 heavy (non-hydrogen) atoms. The molecule has 6 nitrogen and oxygen atoms in total. The van der Waals surface area contributed by atoms with Crippen molar-refractivity contribution in [2.24, 2.45) is 0 Å². The van der Waals surface area contributed by atoms with Crippen molar-refractivity contribution in [3.63, 3.8) is 0 Å². The summed E-state index contributed by atoms with van der Waals surface area (Å²) in [5, 5.41) is 22.3. The topological polar surface area (TPSA) is 76.5 Å². The molecule has 1 atom stereocenters. The molecule has 8 heteroatoms. The van der Waals surface area contributed by atoms with Crippen LogP contribution in [-0.2, 0) is 0 Å². The average molecular weight is 404 g/mol. The van der Waals surface area contributed by atoms with Crippen molar-refractivity contribution in [1.29, 1.82) is 0 Å². The number of hydrogen-bond acceptors (Lipinski definition) is 8. The number of aromatic nitrogens is 2. The number of hydrogen-bond donors (Lipinski definition) is 2. The summed E-state index contributed by atoms with van der Waals surface area (Å²) in [5.74, 6) is 2.09. The molecule has 0 aliphatic carbocycles. The molecule has 3 aromatic rings. The zero-order chi connectivity index (χ0) is 19.1. The van der Waals surface area contributed by atoms with E-state index >= 15 is 0 Å². The average Bonchev–Trinajstić information content (AvgIpc) is 3.13. The van der Waals surface area contributed by atoms with Crippen LogP contribution in [0.1, 0.15) is 5.56 Å². The van der Waals surface area contributed by atoms with Gasteiger partial charge in [-0.3, -0.25) is 0 Å². The van der Waals surface area contributed by atoms with Crippen LogP contribution in [0.15, 0.2) is 52.9 Å². The Labute approximate surface area is 166 Å². The Morgan fingerprint density at radius 3 is 2.67 bits per heavy atom. The number of rotatable bonds is 9. The first kappa shape index (κ1) is 19.5. The van der Waals surface area contributed by atoms with Gasteiger partial charge in [-0.25, -0.2) is 0 Å². The fourth-order valence-electron chi connectivity index (χ4n) is 2.24. The molecule has 0 fully saturated rings. The number of para-hydroxylation sites is 1. The third kappa shape index (κ3) is 5.85. The summed E-state index contributed by atoms with van der Waals surface area (Å²) >= 11 is 2.90. The molecule has 0 amide bonds. The molecule has 0 saturated carbocycles. The van der Waals surface area contributed by atoms with E-state index in [9.17, 15) is 5.11 Å². The molecule has 3 rings (SSSR count). The largest absolute Gasteiger partial charge is 0.497 e. The lowest BCUT2D eigenvalue weighted by molar-refractivity contribution is 0.126. The number of methoxy groups -OCH3 is 1. The van der Waals surface area contributed by atoms with Gasteiger partial charge in [0.2, 0.25) is 5.13 Å². The van der Waals surface area contributed by atoms with Crippen LogP contribution in [0, 0.1) is 6.92 Å². The first-order valence-corrected chi connectivity index (χ1v) is 10.2. The van der Waals surface area contributed by atoms with Gasteiger partial charge in [0.15, 0.2) is 4.34 Å². The van der Waals surface area contributed by atoms with Gasteiger partial charge in [0, 0.05) is 11.4 Å². The molecule has 2 N–H and O–H groups in total. The standard InChI is InChI=1S/C19H21N3O3S2/c1-13-5-3-4-6-17(13)25-11-15(23)12-26-19-22-21-18(27-19)20-14-7-9-16(24-2)10-8-14/h3-10,15,23H,11-12H2,1-2H3,(H,20,21)/t15-/m1/s1. The van der Waals surface area contributed by atoms with Gasteiger partial charge >= 0.3 is 0 Å². The fourth-order valence-corrected chi connectivity index (χ4v) is 3.94. The van der Waals surface area contributed by atoms with Crippen molar-refractivity contribution in [3.8, 4) is 11.5 Å². The van der Waals surface area contributed by atoms with Crippen molar-refractivity contribution in [2.45, 2.75) is 17.4 Å². The molecule has 0 spiro atoms. The predicted octanol–water partition coefficient (Wildman–Crippen LogP) is 4.13. The Bertz CT molecular complexity index is 855. The minimum Gasteiger partial charge on any atom is -0.497 e. The number of aliphatic hydroxyl groups excluding tert-OH is 1. The number of aliphatic hydroxyl groups is 1. The molecule has 142 valence electrons. The maximum absolute atomic E-state index is 10.1. The van der Waals surface area contributed by atoms with Crippen molar-refractivity contribution in [1.82, 2.24) is 10.2 Å². The number of benzene rings is 2. The zero-order valence-corrected chi connectivity index (χ0v) is 16.7. The van der Waals surface area contributed by atoms with Crippen molar-refractivity contribution < 1.29 is 14.6 Å². The summed E-state index contributed by atoms with van der Waals surface area (Å²) < 4.78 is 11.6. The second kappa shape index (κ2) is 9.59. The second-order valence-electron chi connectivity index (χ2n) is 5.77. The highest BCUT2D eigenvalue weighted by Crippen LogP contribution is 2.28. The van der Waals surface area contributed by atoms with E-state index in [1.165, 1.54) is 23.1 Å². The van der Waals surface area contributed by atoms with Gasteiger partial charge in [-0.05, 0) is 42.8 Å². The molecule has 0 radical (unpaired) electrons. The molecular formula is C19H21N3O3S2. The van der Waals surface area contributed by atoms with Crippen LogP contribution >= 0.6 is 23.1 Å². The molecule has 0 unspecified atom stereocenters. The van der Waals surface area contributed by atoms with Crippen LogP contribution in [0.3, 0.4) is 0 Å². The summed E-state index contributed by atoms with van der Waals surface area (Å²) in [6, 6.07) is 15.3. The summed E-state index contributed by atoms with van der Waals surface area (Å²) in [4.78, 5) is 0. The van der Waals surface area contributed by atoms with Gasteiger partial charge in [-0.1, -0.05) is 41.3 Å². The maximum Gasteiger partial charge on any atom is 0.210 e. The van der Waals surface area contributed by atoms with Gasteiger partial charge < -0.3 is 19.9 Å². The minimum absolute atomic E-state index is 0.244. The number of nitrogens with one attached hydrogen (secondary N) is 1. The van der Waals surface area contributed by atoms with E-state index in [2.05, 4.69) is 15.5 Å². The van der Waals surface area contributed by atoms with Crippen molar-refractivity contribution in [3.05, 3.63) is 54.1 Å². The van der Waals surface area contributed by atoms with E-state index in [0.717, 1.165) is 27.1 Å². The van der Waals surface area contributed by atoms with Gasteiger partial charge in [0.1, 0.15) is 18.1 Å². The predicted molar refractivity (Wildman–Crippen MR) is 110 cm³/mol. The highest BCUT2D eigenvalue weighted by molar-refractivity contribution is 8.01. The van der Waals surface area contributed by atoms with Crippen molar-refractivity contribution in [2.75, 3.05) is 24.8 Å². The van der Waals surface area contributed by atoms with Crippen LogP contribution in [0.5, 0.6) is 11.5 Å². The monoisotopic (exact) mass is 403 g/mol. The van der Waals surface area contributed by atoms with Crippen LogP contribution in [0.4, 0.5) is 10.8 Å². The molecule has 0 aliphatic rings. The summed E-state index contributed by atoms with van der Waals surface area (Å²) in [6.45, 7) is 2.22. The van der Waals surface area contributed by atoms with E-state index in [4.69, 9.17) is 9.47 Å². The van der Waals surface area contributed by atoms with Crippen LogP contribution in [-0.4, -0.2) is 40.9 Å². The lowest BCUT2D eigenvalue weighted by Gasteiger charge is -2.12. The molecule has 1 heterocycles. The van der Waals surface area contributed by atoms with Crippen LogP contribution in [0.25, 0.3) is 0 Å². The Morgan fingerprint density at radius 2 is 1.93 bits per heavy atom. The van der Waals surface area contributed by atoms with Crippen LogP contribution in [0.2, 0.25) is 0 Å². The fraction of sp³-hybridized carbons (Fsp3) is 0.263. The third-order valence-corrected chi connectivity index (χ3v) is 5.79. The van der Waals surface area contributed by atoms with Gasteiger partial charge in [-0.15, -0.1) is 10.2 Å². The first-order chi connectivity index (χ1) is 13.1. The summed E-state index contributed by atoms with van der Waals surface area (Å²) in [7, 11) is 1.64. The van der Waals surface area contributed by atoms with Gasteiger partial charge in [0.25, 0.3) is 0 Å². The zero-order valence-electron chi connectivity index (χ0n) is 15.1. The Hall–Kier alpha value is -2.29. The van der Waals surface area contributed by atoms with E-state index < -0.39 is 6.10 Å². The van der Waals surface area contributed by atoms with Crippen LogP contribution < -0.4 is 14.8 Å². The van der Waals surface area contributed by atoms with E-state index in [0.29, 0.717) is 10.9 Å². The third-order valence-electron chi connectivity index (χ3n) is 3.67. The van der Waals surface area contributed by atoms with Gasteiger partial charge in [-0.2, -0.15) is 0 Å². The molecule has 0 bridgehead atoms. The molecule has 2 aromatic carbocycles.